The smallest absolute Gasteiger partial charge is 0.326 e. The summed E-state index contributed by atoms with van der Waals surface area (Å²) >= 11 is 0. The molecule has 5 heteroatoms. The first-order valence-corrected chi connectivity index (χ1v) is 6.82. The molecule has 2 N–H and O–H groups in total. The normalized spacial score (nSPS) is 17.4. The van der Waals surface area contributed by atoms with Gasteiger partial charge in [-0.05, 0) is 19.3 Å². The second-order valence-corrected chi connectivity index (χ2v) is 5.03. The van der Waals surface area contributed by atoms with Crippen LogP contribution in [0.1, 0.15) is 51.9 Å². The largest absolute Gasteiger partial charge is 0.480 e. The van der Waals surface area contributed by atoms with Crippen molar-refractivity contribution in [2.24, 2.45) is 0 Å². The Morgan fingerprint density at radius 1 is 1.39 bits per heavy atom. The van der Waals surface area contributed by atoms with Crippen molar-refractivity contribution in [3.63, 3.8) is 0 Å². The minimum Gasteiger partial charge on any atom is -0.480 e. The number of rotatable bonds is 6. The third-order valence-corrected chi connectivity index (χ3v) is 3.63. The molecule has 1 aliphatic rings. The molecule has 5 nitrogen and oxygen atoms in total. The van der Waals surface area contributed by atoms with Crippen LogP contribution in [0.15, 0.2) is 0 Å². The van der Waals surface area contributed by atoms with Crippen molar-refractivity contribution in [2.45, 2.75) is 64.0 Å². The average molecular weight is 256 g/mol. The third kappa shape index (κ3) is 4.20. The Morgan fingerprint density at radius 3 is 2.50 bits per heavy atom. The number of carboxylic acids is 1. The van der Waals surface area contributed by atoms with E-state index in [0.29, 0.717) is 6.42 Å². The molecule has 0 aromatic carbocycles. The number of hydrogen-bond donors (Lipinski definition) is 2. The Hall–Kier alpha value is -1.26. The summed E-state index contributed by atoms with van der Waals surface area (Å²) < 4.78 is 0. The maximum atomic E-state index is 12.0. The van der Waals surface area contributed by atoms with E-state index in [9.17, 15) is 9.59 Å². The van der Waals surface area contributed by atoms with Crippen molar-refractivity contribution in [1.29, 1.82) is 0 Å². The van der Waals surface area contributed by atoms with Crippen LogP contribution >= 0.6 is 0 Å². The molecule has 104 valence electrons. The SMILES string of the molecule is CCCCC(NC(=O)N(C)C1CCCC1)C(=O)O. The van der Waals surface area contributed by atoms with E-state index >= 15 is 0 Å². The molecule has 0 radical (unpaired) electrons. The lowest BCUT2D eigenvalue weighted by molar-refractivity contribution is -0.139. The van der Waals surface area contributed by atoms with E-state index < -0.39 is 12.0 Å². The van der Waals surface area contributed by atoms with Crippen LogP contribution in [0, 0.1) is 0 Å². The van der Waals surface area contributed by atoms with Crippen LogP contribution in [0.2, 0.25) is 0 Å². The number of urea groups is 1. The molecule has 0 heterocycles. The van der Waals surface area contributed by atoms with Gasteiger partial charge in [0, 0.05) is 13.1 Å². The molecule has 2 amide bonds. The number of amides is 2. The van der Waals surface area contributed by atoms with E-state index in [-0.39, 0.29) is 12.1 Å². The Balaban J connectivity index is 2.46. The van der Waals surface area contributed by atoms with E-state index in [4.69, 9.17) is 5.11 Å². The molecule has 1 rings (SSSR count). The quantitative estimate of drug-likeness (QED) is 0.765. The Kier molecular flexibility index (Phi) is 5.95. The van der Waals surface area contributed by atoms with Gasteiger partial charge in [0.15, 0.2) is 0 Å². The van der Waals surface area contributed by atoms with Crippen LogP contribution < -0.4 is 5.32 Å². The number of aliphatic carboxylic acids is 1. The lowest BCUT2D eigenvalue weighted by atomic mass is 10.1. The maximum Gasteiger partial charge on any atom is 0.326 e. The summed E-state index contributed by atoms with van der Waals surface area (Å²) in [7, 11) is 1.75. The molecule has 1 fully saturated rings. The molecule has 0 bridgehead atoms. The summed E-state index contributed by atoms with van der Waals surface area (Å²) in [6.07, 6.45) is 6.59. The van der Waals surface area contributed by atoms with Crippen molar-refractivity contribution in [3.05, 3.63) is 0 Å². The zero-order chi connectivity index (χ0) is 13.5. The van der Waals surface area contributed by atoms with E-state index in [2.05, 4.69) is 5.32 Å². The summed E-state index contributed by atoms with van der Waals surface area (Å²) in [5, 5.41) is 11.7. The first-order valence-electron chi connectivity index (χ1n) is 6.82. The monoisotopic (exact) mass is 256 g/mol. The highest BCUT2D eigenvalue weighted by Gasteiger charge is 2.26. The van der Waals surface area contributed by atoms with Gasteiger partial charge in [-0.1, -0.05) is 32.6 Å². The fourth-order valence-electron chi connectivity index (χ4n) is 2.37. The van der Waals surface area contributed by atoms with Gasteiger partial charge in [0.05, 0.1) is 0 Å². The predicted octanol–water partition coefficient (Wildman–Crippen LogP) is 2.21. The van der Waals surface area contributed by atoms with Gasteiger partial charge in [-0.3, -0.25) is 0 Å². The number of carbonyl (C=O) groups is 2. The van der Waals surface area contributed by atoms with E-state index in [1.54, 1.807) is 11.9 Å². The summed E-state index contributed by atoms with van der Waals surface area (Å²) in [4.78, 5) is 24.7. The molecular formula is C13H24N2O3. The molecule has 18 heavy (non-hydrogen) atoms. The van der Waals surface area contributed by atoms with Crippen molar-refractivity contribution in [2.75, 3.05) is 7.05 Å². The van der Waals surface area contributed by atoms with Crippen molar-refractivity contribution in [3.8, 4) is 0 Å². The topological polar surface area (TPSA) is 69.6 Å². The van der Waals surface area contributed by atoms with Crippen LogP contribution in [0.25, 0.3) is 0 Å². The minimum atomic E-state index is -0.948. The van der Waals surface area contributed by atoms with Gasteiger partial charge < -0.3 is 15.3 Å². The van der Waals surface area contributed by atoms with Crippen LogP contribution in [-0.4, -0.2) is 41.1 Å². The second kappa shape index (κ2) is 7.24. The summed E-state index contributed by atoms with van der Waals surface area (Å²) in [6, 6.07) is -0.752. The van der Waals surface area contributed by atoms with Gasteiger partial charge in [0.25, 0.3) is 0 Å². The zero-order valence-electron chi connectivity index (χ0n) is 11.3. The number of nitrogens with one attached hydrogen (secondary N) is 1. The predicted molar refractivity (Wildman–Crippen MR) is 69.5 cm³/mol. The number of carboxylic acid groups (broad SMARTS) is 1. The number of unbranched alkanes of at least 4 members (excludes halogenated alkanes) is 1. The third-order valence-electron chi connectivity index (χ3n) is 3.63. The van der Waals surface area contributed by atoms with Gasteiger partial charge in [0.2, 0.25) is 0 Å². The molecule has 1 saturated carbocycles. The molecule has 1 unspecified atom stereocenters. The number of hydrogen-bond acceptors (Lipinski definition) is 2. The number of carbonyl (C=O) groups excluding carboxylic acids is 1. The highest BCUT2D eigenvalue weighted by atomic mass is 16.4. The van der Waals surface area contributed by atoms with Crippen molar-refractivity contribution < 1.29 is 14.7 Å². The highest BCUT2D eigenvalue weighted by Crippen LogP contribution is 2.22. The van der Waals surface area contributed by atoms with Gasteiger partial charge in [-0.25, -0.2) is 9.59 Å². The fourth-order valence-corrected chi connectivity index (χ4v) is 2.37. The first-order chi connectivity index (χ1) is 8.56. The standard InChI is InChI=1S/C13H24N2O3/c1-3-4-9-11(12(16)17)14-13(18)15(2)10-7-5-6-8-10/h10-11H,3-9H2,1-2H3,(H,14,18)(H,16,17). The highest BCUT2D eigenvalue weighted by molar-refractivity contribution is 5.82. The molecule has 0 spiro atoms. The average Bonchev–Trinajstić information content (AvgIpc) is 2.86. The van der Waals surface area contributed by atoms with E-state index in [1.807, 2.05) is 6.92 Å². The Bertz CT molecular complexity index is 288. The van der Waals surface area contributed by atoms with Crippen LogP contribution in [0.3, 0.4) is 0 Å². The van der Waals surface area contributed by atoms with Crippen LogP contribution in [-0.2, 0) is 4.79 Å². The first kappa shape index (κ1) is 14.8. The zero-order valence-corrected chi connectivity index (χ0v) is 11.3. The Labute approximate surface area is 109 Å². The lowest BCUT2D eigenvalue weighted by Crippen LogP contribution is -2.49. The minimum absolute atomic E-state index is 0.259. The van der Waals surface area contributed by atoms with Gasteiger partial charge in [-0.15, -0.1) is 0 Å². The molecule has 0 aromatic heterocycles. The van der Waals surface area contributed by atoms with Crippen molar-refractivity contribution >= 4 is 12.0 Å². The molecule has 1 aliphatic carbocycles. The van der Waals surface area contributed by atoms with Gasteiger partial charge >= 0.3 is 12.0 Å². The molecule has 1 atom stereocenters. The van der Waals surface area contributed by atoms with Gasteiger partial charge in [-0.2, -0.15) is 0 Å². The van der Waals surface area contributed by atoms with Gasteiger partial charge in [0.1, 0.15) is 6.04 Å². The molecule has 0 aromatic rings. The molecule has 0 aliphatic heterocycles. The molecular weight excluding hydrogens is 232 g/mol. The van der Waals surface area contributed by atoms with E-state index in [1.165, 1.54) is 0 Å². The van der Waals surface area contributed by atoms with E-state index in [0.717, 1.165) is 38.5 Å². The second-order valence-electron chi connectivity index (χ2n) is 5.03. The maximum absolute atomic E-state index is 12.0. The van der Waals surface area contributed by atoms with Crippen LogP contribution in [0.5, 0.6) is 0 Å². The Morgan fingerprint density at radius 2 is 2.00 bits per heavy atom. The lowest BCUT2D eigenvalue weighted by Gasteiger charge is -2.26. The molecule has 0 saturated heterocycles. The van der Waals surface area contributed by atoms with Crippen LogP contribution in [0.4, 0.5) is 4.79 Å². The summed E-state index contributed by atoms with van der Waals surface area (Å²) in [5.41, 5.74) is 0. The summed E-state index contributed by atoms with van der Waals surface area (Å²) in [6.45, 7) is 2.01. The van der Waals surface area contributed by atoms with Crippen molar-refractivity contribution in [1.82, 2.24) is 10.2 Å². The fraction of sp³-hybridized carbons (Fsp3) is 0.846. The number of nitrogens with zero attached hydrogens (tertiary/aromatic N) is 1. The summed E-state index contributed by atoms with van der Waals surface area (Å²) in [5.74, 6) is -0.948.